The zero-order chi connectivity index (χ0) is 48.0. The topological polar surface area (TPSA) is 190 Å². The third-order valence-electron chi connectivity index (χ3n) is 12.0. The second kappa shape index (κ2) is 23.6. The summed E-state index contributed by atoms with van der Waals surface area (Å²) in [4.78, 5) is 98.4. The van der Waals surface area contributed by atoms with Gasteiger partial charge >= 0.3 is 5.97 Å². The first kappa shape index (κ1) is 51.2. The van der Waals surface area contributed by atoms with E-state index in [2.05, 4.69) is 29.8 Å². The molecule has 15 heteroatoms. The summed E-state index contributed by atoms with van der Waals surface area (Å²) in [6.45, 7) is 14.1. The highest BCUT2D eigenvalue weighted by atomic mass is 16.6. The van der Waals surface area contributed by atoms with Crippen LogP contribution in [0.25, 0.3) is 0 Å². The number of ketones is 1. The molecule has 66 heavy (non-hydrogen) atoms. The van der Waals surface area contributed by atoms with Crippen LogP contribution in [0.4, 0.5) is 0 Å². The Bertz CT molecular complexity index is 2170. The normalized spacial score (nSPS) is 17.8. The Hall–Kier alpha value is -5.77. The maximum Gasteiger partial charge on any atom is 0.308 e. The molecule has 0 spiro atoms. The third-order valence-corrected chi connectivity index (χ3v) is 12.0. The van der Waals surface area contributed by atoms with Crippen molar-refractivity contribution in [1.82, 2.24) is 20.9 Å². The molecule has 0 aliphatic carbocycles. The van der Waals surface area contributed by atoms with E-state index in [1.54, 1.807) is 25.1 Å². The first-order valence-corrected chi connectivity index (χ1v) is 23.1. The molecule has 3 aromatic carbocycles. The number of hydrogen-bond acceptors (Lipinski definition) is 10. The predicted octanol–water partition coefficient (Wildman–Crippen LogP) is 4.73. The van der Waals surface area contributed by atoms with Crippen LogP contribution in [0.2, 0.25) is 0 Å². The SMILES string of the molecule is CC(=O)Oc1ccc(C[N+]2(CC(=O)N(C(=O)[C@@]3(C)CO3)[C@@H](CCc3ccccc3)C(=O)N[C@@H](CC(C)C)C(=O)N[C@@H](Cc3ccccc3)C(=O)NCCC(C)C)CCOCC2)cc1C(C)=O. The van der Waals surface area contributed by atoms with Crippen molar-refractivity contribution in [2.24, 2.45) is 11.8 Å². The number of amides is 5. The minimum absolute atomic E-state index is 0.0387. The lowest BCUT2D eigenvalue weighted by atomic mass is 9.98. The van der Waals surface area contributed by atoms with Gasteiger partial charge in [-0.3, -0.25) is 38.5 Å². The van der Waals surface area contributed by atoms with Crippen LogP contribution in [-0.4, -0.2) is 120 Å². The summed E-state index contributed by atoms with van der Waals surface area (Å²) in [5.74, 6) is -3.35. The van der Waals surface area contributed by atoms with E-state index in [-0.39, 0.29) is 72.4 Å². The second-order valence-electron chi connectivity index (χ2n) is 18.7. The van der Waals surface area contributed by atoms with Crippen molar-refractivity contribution in [3.63, 3.8) is 0 Å². The molecule has 2 fully saturated rings. The molecule has 3 aromatic rings. The Morgan fingerprint density at radius 2 is 1.38 bits per heavy atom. The van der Waals surface area contributed by atoms with Crippen LogP contribution < -0.4 is 20.7 Å². The van der Waals surface area contributed by atoms with Crippen molar-refractivity contribution in [3.8, 4) is 5.75 Å². The molecule has 0 saturated carbocycles. The van der Waals surface area contributed by atoms with Crippen molar-refractivity contribution in [2.45, 2.75) is 111 Å². The molecular formula is C51H68N5O10+. The van der Waals surface area contributed by atoms with Gasteiger partial charge in [0.1, 0.15) is 43.5 Å². The molecule has 15 nitrogen and oxygen atoms in total. The highest BCUT2D eigenvalue weighted by Crippen LogP contribution is 2.32. The maximum absolute atomic E-state index is 15.1. The zero-order valence-corrected chi connectivity index (χ0v) is 39.6. The van der Waals surface area contributed by atoms with Gasteiger partial charge in [-0.05, 0) is 80.7 Å². The number of benzene rings is 3. The number of aryl methyl sites for hydroxylation is 1. The predicted molar refractivity (Wildman–Crippen MR) is 248 cm³/mol. The Morgan fingerprint density at radius 1 is 0.758 bits per heavy atom. The average Bonchev–Trinajstić information content (AvgIpc) is 4.03. The van der Waals surface area contributed by atoms with E-state index < -0.39 is 53.3 Å². The molecule has 3 N–H and O–H groups in total. The molecule has 0 radical (unpaired) electrons. The van der Waals surface area contributed by atoms with E-state index in [1.165, 1.54) is 13.8 Å². The van der Waals surface area contributed by atoms with Crippen LogP contribution in [0.5, 0.6) is 5.75 Å². The number of rotatable bonds is 23. The van der Waals surface area contributed by atoms with Crippen molar-refractivity contribution in [3.05, 3.63) is 101 Å². The Labute approximate surface area is 388 Å². The smallest absolute Gasteiger partial charge is 0.308 e. The lowest BCUT2D eigenvalue weighted by Gasteiger charge is -2.42. The lowest BCUT2D eigenvalue weighted by Crippen LogP contribution is -2.64. The summed E-state index contributed by atoms with van der Waals surface area (Å²) in [7, 11) is 0. The van der Waals surface area contributed by atoms with Crippen molar-refractivity contribution >= 4 is 41.3 Å². The number of nitrogens with zero attached hydrogens (tertiary/aromatic N) is 2. The van der Waals surface area contributed by atoms with Gasteiger partial charge in [0, 0.05) is 25.5 Å². The Kier molecular flexibility index (Phi) is 18.3. The number of nitrogens with one attached hydrogen (secondary N) is 3. The van der Waals surface area contributed by atoms with Crippen LogP contribution in [0.3, 0.4) is 0 Å². The first-order chi connectivity index (χ1) is 31.4. The van der Waals surface area contributed by atoms with Gasteiger partial charge in [-0.15, -0.1) is 0 Å². The molecule has 5 amide bonds. The highest BCUT2D eigenvalue weighted by molar-refractivity contribution is 6.05. The number of carbonyl (C=O) groups is 7. The Morgan fingerprint density at radius 3 is 1.95 bits per heavy atom. The number of esters is 1. The molecule has 2 aliphatic heterocycles. The summed E-state index contributed by atoms with van der Waals surface area (Å²) in [5, 5.41) is 8.83. The molecule has 5 rings (SSSR count). The van der Waals surface area contributed by atoms with Crippen LogP contribution in [0, 0.1) is 11.8 Å². The van der Waals surface area contributed by atoms with Gasteiger partial charge in [-0.1, -0.05) is 88.4 Å². The van der Waals surface area contributed by atoms with E-state index >= 15 is 4.79 Å². The number of epoxide rings is 1. The molecule has 2 aliphatic rings. The number of quaternary nitrogens is 1. The molecule has 2 heterocycles. The first-order valence-electron chi connectivity index (χ1n) is 23.1. The van der Waals surface area contributed by atoms with Crippen molar-refractivity contribution in [2.75, 3.05) is 46.0 Å². The van der Waals surface area contributed by atoms with Gasteiger partial charge in [0.2, 0.25) is 17.7 Å². The summed E-state index contributed by atoms with van der Waals surface area (Å²) in [6.07, 6.45) is 1.54. The lowest BCUT2D eigenvalue weighted by molar-refractivity contribution is -0.940. The van der Waals surface area contributed by atoms with Crippen molar-refractivity contribution < 1.29 is 52.3 Å². The number of carbonyl (C=O) groups excluding carboxylic acids is 7. The minimum Gasteiger partial charge on any atom is -0.426 e. The second-order valence-corrected chi connectivity index (χ2v) is 18.7. The fourth-order valence-corrected chi connectivity index (χ4v) is 8.20. The van der Waals surface area contributed by atoms with Crippen LogP contribution in [0.15, 0.2) is 78.9 Å². The molecular weight excluding hydrogens is 843 g/mol. The molecule has 0 aromatic heterocycles. The van der Waals surface area contributed by atoms with Gasteiger partial charge in [0.05, 0.1) is 25.4 Å². The van der Waals surface area contributed by atoms with Crippen molar-refractivity contribution in [1.29, 1.82) is 0 Å². The highest BCUT2D eigenvalue weighted by Gasteiger charge is 2.54. The average molecular weight is 911 g/mol. The fourth-order valence-electron chi connectivity index (χ4n) is 8.20. The van der Waals surface area contributed by atoms with E-state index in [9.17, 15) is 28.8 Å². The molecule has 2 saturated heterocycles. The largest absolute Gasteiger partial charge is 0.426 e. The molecule has 4 atom stereocenters. The van der Waals surface area contributed by atoms with E-state index in [1.807, 2.05) is 74.5 Å². The standard InChI is InChI=1S/C51H67N5O10/c1-34(2)22-23-52-47(60)43(30-39-16-12-9-13-17-39)53-48(61)42(28-35(3)4)54-49(62)44(20-18-38-14-10-8-11-15-38)55(50(63)51(7)33-65-51)46(59)32-56(24-26-64-27-25-56)31-40-19-21-45(66-37(6)58)41(29-40)36(5)57/h8-17,19,21,29,34-35,42-44H,18,20,22-28,30-33H2,1-7H3,(H2-,52,53,54,60,61,62)/p+1/t42-,43-,44-,51+/m0/s1. The minimum atomic E-state index is -1.36. The van der Waals surface area contributed by atoms with Crippen LogP contribution in [-0.2, 0) is 57.6 Å². The van der Waals surface area contributed by atoms with Gasteiger partial charge in [0.25, 0.3) is 11.8 Å². The van der Waals surface area contributed by atoms with Gasteiger partial charge < -0.3 is 34.6 Å². The van der Waals surface area contributed by atoms with Gasteiger partial charge in [0.15, 0.2) is 17.9 Å². The number of ether oxygens (including phenoxy) is 3. The Balaban J connectivity index is 1.48. The van der Waals surface area contributed by atoms with E-state index in [4.69, 9.17) is 14.2 Å². The quantitative estimate of drug-likeness (QED) is 0.0395. The summed E-state index contributed by atoms with van der Waals surface area (Å²) in [6, 6.07) is 20.3. The number of imide groups is 1. The van der Waals surface area contributed by atoms with Gasteiger partial charge in [-0.2, -0.15) is 0 Å². The summed E-state index contributed by atoms with van der Waals surface area (Å²) < 4.78 is 16.8. The zero-order valence-electron chi connectivity index (χ0n) is 39.6. The van der Waals surface area contributed by atoms with Gasteiger partial charge in [-0.25, -0.2) is 0 Å². The number of Topliss-reactive ketones (excluding diaryl/α,β-unsaturated/α-hetero) is 1. The van der Waals surface area contributed by atoms with E-state index in [0.717, 1.165) is 22.4 Å². The van der Waals surface area contributed by atoms with Crippen LogP contribution in [0.1, 0.15) is 94.8 Å². The third kappa shape index (κ3) is 14.9. The molecule has 0 bridgehead atoms. The molecule has 356 valence electrons. The maximum atomic E-state index is 15.1. The monoisotopic (exact) mass is 910 g/mol. The summed E-state index contributed by atoms with van der Waals surface area (Å²) in [5.41, 5.74) is 1.29. The van der Waals surface area contributed by atoms with E-state index in [0.29, 0.717) is 50.8 Å². The molecule has 0 unspecified atom stereocenters. The summed E-state index contributed by atoms with van der Waals surface area (Å²) >= 11 is 0. The number of hydrogen-bond donors (Lipinski definition) is 3. The van der Waals surface area contributed by atoms with Crippen LogP contribution >= 0.6 is 0 Å². The fraction of sp³-hybridized carbons (Fsp3) is 0.510. The number of morpholine rings is 1.